The molecular weight excluding hydrogens is 187 g/mol. The first-order valence-electron chi connectivity index (χ1n) is 3.03. The number of hydrogen-bond acceptors (Lipinski definition) is 4. The molecule has 0 aliphatic rings. The molecule has 2 unspecified atom stereocenters. The first kappa shape index (κ1) is 11.2. The normalized spacial score (nSPS) is 15.2. The highest BCUT2D eigenvalue weighted by atomic mass is 32.2. The van der Waals surface area contributed by atoms with E-state index in [0.29, 0.717) is 0 Å². The fourth-order valence-corrected chi connectivity index (χ4v) is 1.03. The Morgan fingerprint density at radius 3 is 2.33 bits per heavy atom. The lowest BCUT2D eigenvalue weighted by Crippen LogP contribution is -2.41. The predicted octanol–water partition coefficient (Wildman–Crippen LogP) is -0.740. The van der Waals surface area contributed by atoms with Gasteiger partial charge in [-0.3, -0.25) is 9.59 Å². The van der Waals surface area contributed by atoms with Crippen LogP contribution in [0.2, 0.25) is 0 Å². The van der Waals surface area contributed by atoms with Crippen molar-refractivity contribution in [1.82, 2.24) is 0 Å². The molecule has 0 aliphatic heterocycles. The predicted molar refractivity (Wildman–Crippen MR) is 41.9 cm³/mol. The topological polar surface area (TPSA) is 106 Å². The number of rotatable bonds is 5. The molecule has 0 rings (SSSR count). The summed E-state index contributed by atoms with van der Waals surface area (Å²) in [5.74, 6) is -2.13. The molecule has 0 radical (unpaired) electrons. The van der Waals surface area contributed by atoms with Crippen molar-refractivity contribution in [2.75, 3.05) is 0 Å². The minimum absolute atomic E-state index is 0.272. The van der Waals surface area contributed by atoms with Crippen LogP contribution in [-0.2, 0) is 9.59 Å². The SMILES string of the molecule is NC(=O)CC(SF)C(N)C(=O)O. The van der Waals surface area contributed by atoms with Crippen molar-refractivity contribution in [1.29, 1.82) is 0 Å². The van der Waals surface area contributed by atoms with E-state index in [0.717, 1.165) is 0 Å². The zero-order valence-corrected chi connectivity index (χ0v) is 6.88. The van der Waals surface area contributed by atoms with Gasteiger partial charge in [0.15, 0.2) is 0 Å². The van der Waals surface area contributed by atoms with E-state index in [2.05, 4.69) is 0 Å². The molecule has 0 aliphatic carbocycles. The van der Waals surface area contributed by atoms with E-state index in [1.807, 2.05) is 0 Å². The molecular formula is C5H9FN2O3S. The molecule has 5 nitrogen and oxygen atoms in total. The summed E-state index contributed by atoms with van der Waals surface area (Å²) < 4.78 is 12.0. The maximum absolute atomic E-state index is 12.0. The monoisotopic (exact) mass is 196 g/mol. The third kappa shape index (κ3) is 3.54. The molecule has 5 N–H and O–H groups in total. The van der Waals surface area contributed by atoms with Crippen molar-refractivity contribution < 1.29 is 18.6 Å². The van der Waals surface area contributed by atoms with Gasteiger partial charge in [0.1, 0.15) is 6.04 Å². The smallest absolute Gasteiger partial charge is 0.321 e. The van der Waals surface area contributed by atoms with Crippen LogP contribution in [0, 0.1) is 0 Å². The number of carboxylic acids is 1. The van der Waals surface area contributed by atoms with E-state index in [4.69, 9.17) is 16.6 Å². The van der Waals surface area contributed by atoms with Crippen molar-refractivity contribution in [2.24, 2.45) is 11.5 Å². The Morgan fingerprint density at radius 1 is 1.58 bits per heavy atom. The highest BCUT2D eigenvalue weighted by Crippen LogP contribution is 2.18. The number of carbonyl (C=O) groups excluding carboxylic acids is 1. The second-order valence-electron chi connectivity index (χ2n) is 2.16. The highest BCUT2D eigenvalue weighted by Gasteiger charge is 2.26. The van der Waals surface area contributed by atoms with Gasteiger partial charge in [0.05, 0.1) is 17.4 Å². The zero-order valence-electron chi connectivity index (χ0n) is 6.07. The number of carboxylic acid groups (broad SMARTS) is 1. The van der Waals surface area contributed by atoms with E-state index in [9.17, 15) is 13.5 Å². The molecule has 7 heteroatoms. The second-order valence-corrected chi connectivity index (χ2v) is 2.95. The number of amides is 1. The van der Waals surface area contributed by atoms with Crippen LogP contribution in [0.5, 0.6) is 0 Å². The molecule has 2 atom stereocenters. The molecule has 0 saturated carbocycles. The van der Waals surface area contributed by atoms with E-state index in [-0.39, 0.29) is 18.6 Å². The molecule has 0 aromatic rings. The maximum Gasteiger partial charge on any atom is 0.321 e. The van der Waals surface area contributed by atoms with Crippen LogP contribution < -0.4 is 11.5 Å². The van der Waals surface area contributed by atoms with Gasteiger partial charge >= 0.3 is 5.97 Å². The molecule has 0 heterocycles. The van der Waals surface area contributed by atoms with Gasteiger partial charge in [0.25, 0.3) is 0 Å². The summed E-state index contributed by atoms with van der Waals surface area (Å²) in [6.45, 7) is 0. The van der Waals surface area contributed by atoms with Crippen LogP contribution in [-0.4, -0.2) is 28.3 Å². The lowest BCUT2D eigenvalue weighted by Gasteiger charge is -2.13. The number of nitrogens with two attached hydrogens (primary N) is 2. The van der Waals surface area contributed by atoms with E-state index >= 15 is 0 Å². The summed E-state index contributed by atoms with van der Waals surface area (Å²) >= 11 is -0.272. The Balaban J connectivity index is 4.14. The lowest BCUT2D eigenvalue weighted by atomic mass is 10.1. The minimum atomic E-state index is -1.41. The second kappa shape index (κ2) is 4.94. The van der Waals surface area contributed by atoms with Crippen molar-refractivity contribution in [3.05, 3.63) is 0 Å². The Hall–Kier alpha value is -0.820. The van der Waals surface area contributed by atoms with Gasteiger partial charge in [-0.05, 0) is 0 Å². The number of carbonyl (C=O) groups is 2. The van der Waals surface area contributed by atoms with Gasteiger partial charge in [-0.2, -0.15) is 3.89 Å². The van der Waals surface area contributed by atoms with Crippen LogP contribution in [0.1, 0.15) is 6.42 Å². The summed E-state index contributed by atoms with van der Waals surface area (Å²) in [6, 6.07) is -1.41. The standard InChI is InChI=1S/C5H9FN2O3S/c6-12-2(1-3(7)9)4(8)5(10)11/h2,4H,1,8H2,(H2,7,9)(H,10,11). The van der Waals surface area contributed by atoms with Crippen LogP contribution in [0.4, 0.5) is 3.89 Å². The lowest BCUT2D eigenvalue weighted by molar-refractivity contribution is -0.138. The fraction of sp³-hybridized carbons (Fsp3) is 0.600. The van der Waals surface area contributed by atoms with Crippen molar-refractivity contribution in [3.63, 3.8) is 0 Å². The third-order valence-corrected chi connectivity index (χ3v) is 1.89. The first-order chi connectivity index (χ1) is 5.49. The first-order valence-corrected chi connectivity index (χ1v) is 3.81. The average molecular weight is 196 g/mol. The minimum Gasteiger partial charge on any atom is -0.480 e. The molecule has 1 amide bonds. The summed E-state index contributed by atoms with van der Waals surface area (Å²) in [6.07, 6.45) is -0.380. The van der Waals surface area contributed by atoms with Crippen molar-refractivity contribution in [3.8, 4) is 0 Å². The number of halogens is 1. The Morgan fingerprint density at radius 2 is 2.08 bits per heavy atom. The zero-order chi connectivity index (χ0) is 9.72. The molecule has 0 aromatic carbocycles. The van der Waals surface area contributed by atoms with E-state index < -0.39 is 23.2 Å². The number of primary amides is 1. The Bertz CT molecular complexity index is 190. The molecule has 70 valence electrons. The van der Waals surface area contributed by atoms with Crippen LogP contribution in [0.15, 0.2) is 0 Å². The van der Waals surface area contributed by atoms with Crippen LogP contribution >= 0.6 is 12.1 Å². The quantitative estimate of drug-likeness (QED) is 0.537. The molecule has 12 heavy (non-hydrogen) atoms. The third-order valence-electron chi connectivity index (χ3n) is 1.20. The Kier molecular flexibility index (Phi) is 4.60. The number of aliphatic carboxylic acids is 1. The van der Waals surface area contributed by atoms with Crippen molar-refractivity contribution >= 4 is 24.0 Å². The van der Waals surface area contributed by atoms with Gasteiger partial charge < -0.3 is 16.6 Å². The molecule has 0 spiro atoms. The van der Waals surface area contributed by atoms with Crippen molar-refractivity contribution in [2.45, 2.75) is 17.7 Å². The van der Waals surface area contributed by atoms with Gasteiger partial charge in [0.2, 0.25) is 5.91 Å². The molecule has 0 bridgehead atoms. The van der Waals surface area contributed by atoms with Gasteiger partial charge in [0, 0.05) is 6.42 Å². The van der Waals surface area contributed by atoms with Crippen LogP contribution in [0.25, 0.3) is 0 Å². The van der Waals surface area contributed by atoms with Crippen LogP contribution in [0.3, 0.4) is 0 Å². The average Bonchev–Trinajstić information content (AvgIpc) is 1.98. The van der Waals surface area contributed by atoms with Gasteiger partial charge in [-0.25, -0.2) is 0 Å². The van der Waals surface area contributed by atoms with Gasteiger partial charge in [-0.15, -0.1) is 0 Å². The summed E-state index contributed by atoms with van der Waals surface area (Å²) in [4.78, 5) is 20.5. The highest BCUT2D eigenvalue weighted by molar-refractivity contribution is 7.95. The largest absolute Gasteiger partial charge is 0.480 e. The molecule has 0 aromatic heterocycles. The number of hydrogen-bond donors (Lipinski definition) is 3. The summed E-state index contributed by atoms with van der Waals surface area (Å²) in [7, 11) is 0. The summed E-state index contributed by atoms with van der Waals surface area (Å²) in [5, 5.41) is 7.23. The molecule has 0 fully saturated rings. The summed E-state index contributed by atoms with van der Waals surface area (Å²) in [5.41, 5.74) is 9.79. The fourth-order valence-electron chi connectivity index (χ4n) is 0.571. The van der Waals surface area contributed by atoms with Gasteiger partial charge in [-0.1, -0.05) is 0 Å². The Labute approximate surface area is 72.6 Å². The maximum atomic E-state index is 12.0. The molecule has 0 saturated heterocycles. The van der Waals surface area contributed by atoms with E-state index in [1.54, 1.807) is 0 Å². The van der Waals surface area contributed by atoms with E-state index in [1.165, 1.54) is 0 Å².